The van der Waals surface area contributed by atoms with Gasteiger partial charge in [-0.3, -0.25) is 4.99 Å². The summed E-state index contributed by atoms with van der Waals surface area (Å²) in [6.45, 7) is 6.52. The van der Waals surface area contributed by atoms with Crippen LogP contribution in [0.1, 0.15) is 19.8 Å². The molecular formula is C19H27N5O. The molecule has 1 N–H and O–H groups in total. The Bertz CT molecular complexity index is 633. The standard InChI is InChI=1S/C19H27N5O/c1-2-21-19(22-11-15-23-14-10-20-16-23)24-12-8-18(9-13-24)25-17-6-4-3-5-7-17/h3-7,10,14,16,18H,2,8-9,11-13,15H2,1H3,(H,21,22). The molecule has 134 valence electrons. The summed E-state index contributed by atoms with van der Waals surface area (Å²) in [5.41, 5.74) is 0. The molecule has 6 nitrogen and oxygen atoms in total. The number of aromatic nitrogens is 2. The van der Waals surface area contributed by atoms with Crippen molar-refractivity contribution in [2.24, 2.45) is 4.99 Å². The molecular weight excluding hydrogens is 314 g/mol. The molecule has 0 unspecified atom stereocenters. The number of nitrogens with zero attached hydrogens (tertiary/aromatic N) is 4. The van der Waals surface area contributed by atoms with Crippen LogP contribution in [0.2, 0.25) is 0 Å². The van der Waals surface area contributed by atoms with Crippen LogP contribution in [0.4, 0.5) is 0 Å². The lowest BCUT2D eigenvalue weighted by molar-refractivity contribution is 0.129. The molecule has 6 heteroatoms. The second-order valence-corrected chi connectivity index (χ2v) is 6.15. The Labute approximate surface area is 149 Å². The number of rotatable bonds is 6. The normalized spacial score (nSPS) is 16.0. The summed E-state index contributed by atoms with van der Waals surface area (Å²) in [5.74, 6) is 1.96. The molecule has 2 aromatic rings. The zero-order chi connectivity index (χ0) is 17.3. The Balaban J connectivity index is 1.49. The lowest BCUT2D eigenvalue weighted by Crippen LogP contribution is -2.47. The Morgan fingerprint density at radius 3 is 2.76 bits per heavy atom. The first-order chi connectivity index (χ1) is 12.3. The van der Waals surface area contributed by atoms with E-state index in [9.17, 15) is 0 Å². The van der Waals surface area contributed by atoms with Crippen LogP contribution in [0.25, 0.3) is 0 Å². The van der Waals surface area contributed by atoms with E-state index in [0.29, 0.717) is 0 Å². The molecule has 1 saturated heterocycles. The highest BCUT2D eigenvalue weighted by atomic mass is 16.5. The average molecular weight is 341 g/mol. The van der Waals surface area contributed by atoms with Gasteiger partial charge in [0.15, 0.2) is 5.96 Å². The molecule has 0 bridgehead atoms. The molecule has 1 aliphatic rings. The van der Waals surface area contributed by atoms with Crippen molar-refractivity contribution in [3.8, 4) is 5.75 Å². The number of para-hydroxylation sites is 1. The van der Waals surface area contributed by atoms with Gasteiger partial charge in [0.2, 0.25) is 0 Å². The maximum Gasteiger partial charge on any atom is 0.193 e. The lowest BCUT2D eigenvalue weighted by Gasteiger charge is -2.34. The maximum atomic E-state index is 6.08. The molecule has 0 atom stereocenters. The minimum Gasteiger partial charge on any atom is -0.490 e. The van der Waals surface area contributed by atoms with Crippen LogP contribution in [0, 0.1) is 0 Å². The number of imidazole rings is 1. The van der Waals surface area contributed by atoms with E-state index in [4.69, 9.17) is 9.73 Å². The molecule has 0 amide bonds. The van der Waals surface area contributed by atoms with Crippen LogP contribution >= 0.6 is 0 Å². The predicted molar refractivity (Wildman–Crippen MR) is 99.9 cm³/mol. The largest absolute Gasteiger partial charge is 0.490 e. The molecule has 25 heavy (non-hydrogen) atoms. The lowest BCUT2D eigenvalue weighted by atomic mass is 10.1. The monoisotopic (exact) mass is 341 g/mol. The third kappa shape index (κ3) is 5.24. The zero-order valence-corrected chi connectivity index (χ0v) is 14.8. The fourth-order valence-corrected chi connectivity index (χ4v) is 2.99. The van der Waals surface area contributed by atoms with Crippen molar-refractivity contribution < 1.29 is 4.74 Å². The first-order valence-electron chi connectivity index (χ1n) is 9.06. The molecule has 1 aliphatic heterocycles. The van der Waals surface area contributed by atoms with Gasteiger partial charge in [-0.2, -0.15) is 0 Å². The van der Waals surface area contributed by atoms with Crippen molar-refractivity contribution in [3.63, 3.8) is 0 Å². The summed E-state index contributed by atoms with van der Waals surface area (Å²) in [5, 5.41) is 3.41. The third-order valence-electron chi connectivity index (χ3n) is 4.30. The number of hydrogen-bond donors (Lipinski definition) is 1. The van der Waals surface area contributed by atoms with Gasteiger partial charge in [-0.1, -0.05) is 18.2 Å². The summed E-state index contributed by atoms with van der Waals surface area (Å²) in [6.07, 6.45) is 7.91. The number of guanidine groups is 1. The number of ether oxygens (including phenoxy) is 1. The smallest absolute Gasteiger partial charge is 0.193 e. The predicted octanol–water partition coefficient (Wildman–Crippen LogP) is 2.39. The van der Waals surface area contributed by atoms with Crippen LogP contribution in [0.3, 0.4) is 0 Å². The fraction of sp³-hybridized carbons (Fsp3) is 0.474. The van der Waals surface area contributed by atoms with Crippen molar-refractivity contribution in [2.45, 2.75) is 32.4 Å². The van der Waals surface area contributed by atoms with E-state index >= 15 is 0 Å². The number of benzene rings is 1. The summed E-state index contributed by atoms with van der Waals surface area (Å²) in [7, 11) is 0. The second kappa shape index (κ2) is 9.11. The number of likely N-dealkylation sites (tertiary alicyclic amines) is 1. The SMILES string of the molecule is CCNC(=NCCn1ccnc1)N1CCC(Oc2ccccc2)CC1. The van der Waals surface area contributed by atoms with Crippen LogP contribution < -0.4 is 10.1 Å². The number of piperidine rings is 1. The minimum atomic E-state index is 0.285. The number of aliphatic imine (C=N–C) groups is 1. The van der Waals surface area contributed by atoms with Crippen LogP contribution in [0.5, 0.6) is 5.75 Å². The van der Waals surface area contributed by atoms with E-state index in [1.165, 1.54) is 0 Å². The van der Waals surface area contributed by atoms with Crippen molar-refractivity contribution >= 4 is 5.96 Å². The summed E-state index contributed by atoms with van der Waals surface area (Å²) in [6, 6.07) is 10.1. The van der Waals surface area contributed by atoms with Gasteiger partial charge >= 0.3 is 0 Å². The number of hydrogen-bond acceptors (Lipinski definition) is 3. The Hall–Kier alpha value is -2.50. The summed E-state index contributed by atoms with van der Waals surface area (Å²) in [4.78, 5) is 11.2. The van der Waals surface area contributed by atoms with Crippen molar-refractivity contribution in [1.29, 1.82) is 0 Å². The van der Waals surface area contributed by atoms with Gasteiger partial charge in [-0.15, -0.1) is 0 Å². The molecule has 1 aromatic heterocycles. The van der Waals surface area contributed by atoms with Crippen LogP contribution in [-0.2, 0) is 6.54 Å². The molecule has 2 heterocycles. The highest BCUT2D eigenvalue weighted by Gasteiger charge is 2.22. The first-order valence-corrected chi connectivity index (χ1v) is 9.06. The third-order valence-corrected chi connectivity index (χ3v) is 4.30. The van der Waals surface area contributed by atoms with Gasteiger partial charge < -0.3 is 19.5 Å². The Morgan fingerprint density at radius 2 is 2.08 bits per heavy atom. The van der Waals surface area contributed by atoms with E-state index in [0.717, 1.165) is 57.3 Å². The van der Waals surface area contributed by atoms with Gasteiger partial charge in [0.1, 0.15) is 11.9 Å². The van der Waals surface area contributed by atoms with E-state index < -0.39 is 0 Å². The molecule has 1 fully saturated rings. The first kappa shape index (κ1) is 17.3. The maximum absolute atomic E-state index is 6.08. The molecule has 3 rings (SSSR count). The van der Waals surface area contributed by atoms with E-state index in [-0.39, 0.29) is 6.10 Å². The van der Waals surface area contributed by atoms with Crippen LogP contribution in [-0.4, -0.2) is 52.7 Å². The zero-order valence-electron chi connectivity index (χ0n) is 14.8. The topological polar surface area (TPSA) is 54.7 Å². The number of nitrogens with one attached hydrogen (secondary N) is 1. The molecule has 0 saturated carbocycles. The molecule has 0 spiro atoms. The van der Waals surface area contributed by atoms with Crippen LogP contribution in [0.15, 0.2) is 54.0 Å². The molecule has 1 aromatic carbocycles. The summed E-state index contributed by atoms with van der Waals surface area (Å²) < 4.78 is 8.12. The average Bonchev–Trinajstić information content (AvgIpc) is 3.16. The van der Waals surface area contributed by atoms with E-state index in [1.54, 1.807) is 6.20 Å². The molecule has 0 radical (unpaired) electrons. The van der Waals surface area contributed by atoms with Crippen molar-refractivity contribution in [2.75, 3.05) is 26.2 Å². The summed E-state index contributed by atoms with van der Waals surface area (Å²) >= 11 is 0. The van der Waals surface area contributed by atoms with Crippen molar-refractivity contribution in [1.82, 2.24) is 19.8 Å². The highest BCUT2D eigenvalue weighted by molar-refractivity contribution is 5.80. The Kier molecular flexibility index (Phi) is 6.31. The van der Waals surface area contributed by atoms with E-state index in [2.05, 4.69) is 22.1 Å². The molecule has 0 aliphatic carbocycles. The van der Waals surface area contributed by atoms with E-state index in [1.807, 2.05) is 47.4 Å². The van der Waals surface area contributed by atoms with Gasteiger partial charge in [0, 0.05) is 51.4 Å². The van der Waals surface area contributed by atoms with Gasteiger partial charge in [0.25, 0.3) is 0 Å². The van der Waals surface area contributed by atoms with Crippen molar-refractivity contribution in [3.05, 3.63) is 49.1 Å². The quantitative estimate of drug-likeness (QED) is 0.647. The van der Waals surface area contributed by atoms with Gasteiger partial charge in [-0.25, -0.2) is 4.98 Å². The van der Waals surface area contributed by atoms with Gasteiger partial charge in [-0.05, 0) is 19.1 Å². The highest BCUT2D eigenvalue weighted by Crippen LogP contribution is 2.18. The Morgan fingerprint density at radius 1 is 1.28 bits per heavy atom. The fourth-order valence-electron chi connectivity index (χ4n) is 2.99. The minimum absolute atomic E-state index is 0.285. The second-order valence-electron chi connectivity index (χ2n) is 6.15. The van der Waals surface area contributed by atoms with Gasteiger partial charge in [0.05, 0.1) is 12.9 Å².